The summed E-state index contributed by atoms with van der Waals surface area (Å²) in [5, 5.41) is 17.7. The van der Waals surface area contributed by atoms with Crippen molar-refractivity contribution in [3.63, 3.8) is 0 Å². The van der Waals surface area contributed by atoms with E-state index in [0.29, 0.717) is 25.4 Å². The normalized spacial score (nSPS) is 17.5. The van der Waals surface area contributed by atoms with Crippen molar-refractivity contribution in [2.24, 2.45) is 5.92 Å². The van der Waals surface area contributed by atoms with E-state index in [1.807, 2.05) is 47.2 Å². The van der Waals surface area contributed by atoms with Crippen molar-refractivity contribution in [3.8, 4) is 0 Å². The Morgan fingerprint density at radius 3 is 2.77 bits per heavy atom. The summed E-state index contributed by atoms with van der Waals surface area (Å²) in [4.78, 5) is 14.6. The first-order chi connectivity index (χ1) is 12.2. The van der Waals surface area contributed by atoms with Crippen LogP contribution in [0, 0.1) is 5.92 Å². The summed E-state index contributed by atoms with van der Waals surface area (Å²) in [5.41, 5.74) is 1.98. The first-order valence-electron chi connectivity index (χ1n) is 8.95. The number of aliphatic hydroxyl groups excluding tert-OH is 1. The number of thiophene rings is 1. The third-order valence-corrected chi connectivity index (χ3v) is 5.52. The molecule has 0 aliphatic carbocycles. The summed E-state index contributed by atoms with van der Waals surface area (Å²) >= 11 is 1.56. The molecule has 1 aromatic heterocycles. The molecule has 6 heteroatoms. The number of rotatable bonds is 8. The summed E-state index contributed by atoms with van der Waals surface area (Å²) in [6, 6.07) is 11.9. The lowest BCUT2D eigenvalue weighted by atomic mass is 10.0. The van der Waals surface area contributed by atoms with Gasteiger partial charge in [0.25, 0.3) is 0 Å². The zero-order valence-corrected chi connectivity index (χ0v) is 16.5. The van der Waals surface area contributed by atoms with E-state index < -0.39 is 6.10 Å². The first-order valence-corrected chi connectivity index (χ1v) is 9.89. The van der Waals surface area contributed by atoms with Crippen LogP contribution in [-0.4, -0.2) is 35.5 Å². The number of hydrogen-bond acceptors (Lipinski definition) is 4. The van der Waals surface area contributed by atoms with Crippen molar-refractivity contribution in [2.45, 2.75) is 31.9 Å². The van der Waals surface area contributed by atoms with Crippen molar-refractivity contribution in [1.82, 2.24) is 10.2 Å². The van der Waals surface area contributed by atoms with Gasteiger partial charge in [0.2, 0.25) is 5.91 Å². The van der Waals surface area contributed by atoms with Gasteiger partial charge in [0.15, 0.2) is 0 Å². The van der Waals surface area contributed by atoms with Crippen LogP contribution in [0.25, 0.3) is 0 Å². The van der Waals surface area contributed by atoms with Gasteiger partial charge in [-0.1, -0.05) is 30.3 Å². The molecule has 1 aromatic carbocycles. The Labute approximate surface area is 165 Å². The van der Waals surface area contributed by atoms with E-state index >= 15 is 0 Å². The Kier molecular flexibility index (Phi) is 8.59. The molecule has 1 fully saturated rings. The molecule has 2 heterocycles. The Bertz CT molecular complexity index is 645. The average Bonchev–Trinajstić information content (AvgIpc) is 3.33. The van der Waals surface area contributed by atoms with Crippen molar-refractivity contribution < 1.29 is 9.90 Å². The van der Waals surface area contributed by atoms with Gasteiger partial charge < -0.3 is 15.3 Å². The Morgan fingerprint density at radius 2 is 2.12 bits per heavy atom. The zero-order valence-electron chi connectivity index (χ0n) is 14.8. The van der Waals surface area contributed by atoms with Gasteiger partial charge in [0.05, 0.1) is 12.6 Å². The number of halogens is 1. The van der Waals surface area contributed by atoms with Gasteiger partial charge >= 0.3 is 0 Å². The van der Waals surface area contributed by atoms with Crippen LogP contribution in [-0.2, 0) is 11.3 Å². The molecule has 26 heavy (non-hydrogen) atoms. The molecule has 2 N–H and O–H groups in total. The number of nitrogens with one attached hydrogen (secondary N) is 1. The molecule has 0 saturated carbocycles. The van der Waals surface area contributed by atoms with Gasteiger partial charge in [-0.05, 0) is 59.8 Å². The predicted octanol–water partition coefficient (Wildman–Crippen LogP) is 3.62. The maximum absolute atomic E-state index is 12.8. The van der Waals surface area contributed by atoms with Gasteiger partial charge in [0.1, 0.15) is 0 Å². The predicted molar refractivity (Wildman–Crippen MR) is 109 cm³/mol. The van der Waals surface area contributed by atoms with Crippen molar-refractivity contribution in [1.29, 1.82) is 0 Å². The molecule has 4 nitrogen and oxygen atoms in total. The van der Waals surface area contributed by atoms with Crippen molar-refractivity contribution in [2.75, 3.05) is 19.6 Å². The fourth-order valence-corrected chi connectivity index (χ4v) is 3.99. The molecule has 142 valence electrons. The fraction of sp³-hybridized carbons (Fsp3) is 0.450. The van der Waals surface area contributed by atoms with E-state index in [4.69, 9.17) is 0 Å². The molecule has 0 radical (unpaired) electrons. The van der Waals surface area contributed by atoms with Crippen molar-refractivity contribution in [3.05, 3.63) is 58.3 Å². The highest BCUT2D eigenvalue weighted by Gasteiger charge is 2.22. The summed E-state index contributed by atoms with van der Waals surface area (Å²) in [5.74, 6) is 0.731. The summed E-state index contributed by atoms with van der Waals surface area (Å²) in [7, 11) is 0. The third-order valence-electron chi connectivity index (χ3n) is 4.82. The van der Waals surface area contributed by atoms with E-state index in [-0.39, 0.29) is 18.3 Å². The second-order valence-corrected chi connectivity index (χ2v) is 7.51. The maximum atomic E-state index is 12.8. The van der Waals surface area contributed by atoms with E-state index in [2.05, 4.69) is 5.32 Å². The molecule has 0 spiro atoms. The largest absolute Gasteiger partial charge is 0.387 e. The molecular formula is C20H27ClN2O2S. The molecular weight excluding hydrogens is 368 g/mol. The number of carbonyl (C=O) groups excluding carboxylic acids is 1. The summed E-state index contributed by atoms with van der Waals surface area (Å²) in [6.45, 7) is 2.96. The van der Waals surface area contributed by atoms with Crippen LogP contribution in [0.15, 0.2) is 47.2 Å². The van der Waals surface area contributed by atoms with Gasteiger partial charge in [0, 0.05) is 13.0 Å². The standard InChI is InChI=1S/C20H26N2O2S.ClH/c23-19(18-9-11-25-15-18)14-22(13-17-4-2-1-3-5-17)20(24)7-6-16-8-10-21-12-16;/h1-5,9,11,15-16,19,21,23H,6-8,10,12-14H2;1H. The molecule has 1 aliphatic rings. The van der Waals surface area contributed by atoms with Crippen LogP contribution in [0.4, 0.5) is 0 Å². The first kappa shape index (κ1) is 20.9. The molecule has 3 rings (SSSR count). The number of aliphatic hydroxyl groups is 1. The van der Waals surface area contributed by atoms with E-state index in [1.54, 1.807) is 16.2 Å². The second kappa shape index (κ2) is 10.7. The molecule has 2 atom stereocenters. The molecule has 2 unspecified atom stereocenters. The smallest absolute Gasteiger partial charge is 0.222 e. The number of nitrogens with zero attached hydrogens (tertiary/aromatic N) is 1. The Hall–Kier alpha value is -1.40. The topological polar surface area (TPSA) is 52.6 Å². The quantitative estimate of drug-likeness (QED) is 0.718. The van der Waals surface area contributed by atoms with Gasteiger partial charge in [-0.15, -0.1) is 12.4 Å². The molecule has 1 amide bonds. The lowest BCUT2D eigenvalue weighted by Crippen LogP contribution is -2.34. The van der Waals surface area contributed by atoms with Crippen LogP contribution in [0.1, 0.15) is 36.5 Å². The van der Waals surface area contributed by atoms with Gasteiger partial charge in [-0.3, -0.25) is 4.79 Å². The molecule has 2 aromatic rings. The number of benzene rings is 1. The lowest BCUT2D eigenvalue weighted by Gasteiger charge is -2.26. The zero-order chi connectivity index (χ0) is 17.5. The Morgan fingerprint density at radius 1 is 1.31 bits per heavy atom. The van der Waals surface area contributed by atoms with Crippen LogP contribution in [0.3, 0.4) is 0 Å². The van der Waals surface area contributed by atoms with Crippen LogP contribution in [0.5, 0.6) is 0 Å². The van der Waals surface area contributed by atoms with Gasteiger partial charge in [-0.25, -0.2) is 0 Å². The third kappa shape index (κ3) is 6.09. The second-order valence-electron chi connectivity index (χ2n) is 6.73. The van der Waals surface area contributed by atoms with E-state index in [9.17, 15) is 9.90 Å². The Balaban J connectivity index is 0.00000243. The number of carbonyl (C=O) groups is 1. The highest BCUT2D eigenvalue weighted by molar-refractivity contribution is 7.07. The maximum Gasteiger partial charge on any atom is 0.222 e. The van der Waals surface area contributed by atoms with Crippen LogP contribution >= 0.6 is 23.7 Å². The molecule has 1 saturated heterocycles. The monoisotopic (exact) mass is 394 g/mol. The average molecular weight is 395 g/mol. The molecule has 0 bridgehead atoms. The fourth-order valence-electron chi connectivity index (χ4n) is 3.28. The minimum absolute atomic E-state index is 0. The lowest BCUT2D eigenvalue weighted by molar-refractivity contribution is -0.133. The molecule has 1 aliphatic heterocycles. The SMILES string of the molecule is Cl.O=C(CCC1CCNC1)N(Cc1ccccc1)CC(O)c1ccsc1. The summed E-state index contributed by atoms with van der Waals surface area (Å²) in [6.07, 6.45) is 2.00. The number of amides is 1. The minimum atomic E-state index is -0.632. The van der Waals surface area contributed by atoms with Crippen LogP contribution < -0.4 is 5.32 Å². The van der Waals surface area contributed by atoms with Crippen LogP contribution in [0.2, 0.25) is 0 Å². The number of hydrogen-bond donors (Lipinski definition) is 2. The summed E-state index contributed by atoms with van der Waals surface area (Å²) < 4.78 is 0. The highest BCUT2D eigenvalue weighted by atomic mass is 35.5. The van der Waals surface area contributed by atoms with Crippen molar-refractivity contribution >= 4 is 29.7 Å². The highest BCUT2D eigenvalue weighted by Crippen LogP contribution is 2.21. The van der Waals surface area contributed by atoms with E-state index in [0.717, 1.165) is 37.1 Å². The minimum Gasteiger partial charge on any atom is -0.387 e. The van der Waals surface area contributed by atoms with Gasteiger partial charge in [-0.2, -0.15) is 11.3 Å². The van der Waals surface area contributed by atoms with E-state index in [1.165, 1.54) is 0 Å².